The monoisotopic (exact) mass is 449 g/mol. The van der Waals surface area contributed by atoms with Gasteiger partial charge in [-0.2, -0.15) is 0 Å². The Labute approximate surface area is 191 Å². The number of alkyl carbamates (subject to hydrolysis) is 1. The van der Waals surface area contributed by atoms with Gasteiger partial charge in [0, 0.05) is 6.54 Å². The van der Waals surface area contributed by atoms with E-state index in [2.05, 4.69) is 5.32 Å². The van der Waals surface area contributed by atoms with Crippen molar-refractivity contribution in [2.75, 3.05) is 27.9 Å². The van der Waals surface area contributed by atoms with Gasteiger partial charge >= 0.3 is 13.2 Å². The first-order valence-corrected chi connectivity index (χ1v) is 10.6. The maximum absolute atomic E-state index is 12.3. The van der Waals surface area contributed by atoms with E-state index < -0.39 is 30.0 Å². The van der Waals surface area contributed by atoms with E-state index in [4.69, 9.17) is 28.3 Å². The van der Waals surface area contributed by atoms with Crippen molar-refractivity contribution >= 4 is 19.3 Å². The number of rotatable bonds is 7. The van der Waals surface area contributed by atoms with Crippen LogP contribution in [0.1, 0.15) is 54.0 Å². The molecule has 1 aromatic rings. The molecule has 0 saturated carbocycles. The minimum absolute atomic E-state index is 0.169. The van der Waals surface area contributed by atoms with E-state index in [9.17, 15) is 4.79 Å². The number of carbonyl (C=O) groups excluding carboxylic acids is 1. The van der Waals surface area contributed by atoms with Crippen LogP contribution in [0.25, 0.3) is 6.08 Å². The van der Waals surface area contributed by atoms with Gasteiger partial charge in [0.1, 0.15) is 5.60 Å². The summed E-state index contributed by atoms with van der Waals surface area (Å²) in [6.07, 6.45) is 1.36. The summed E-state index contributed by atoms with van der Waals surface area (Å²) in [4.78, 5) is 12.3. The summed E-state index contributed by atoms with van der Waals surface area (Å²) < 4.78 is 34.1. The first-order chi connectivity index (χ1) is 14.7. The maximum atomic E-state index is 12.3. The number of methoxy groups -OCH3 is 3. The third-order valence-corrected chi connectivity index (χ3v) is 5.43. The predicted molar refractivity (Wildman–Crippen MR) is 124 cm³/mol. The molecule has 1 aromatic carbocycles. The number of hydrogen-bond donors (Lipinski definition) is 1. The van der Waals surface area contributed by atoms with E-state index in [1.165, 1.54) is 0 Å². The molecule has 9 heteroatoms. The Balaban J connectivity index is 2.42. The SMILES string of the molecule is COc1cc(C=C(CNC(=O)OC(C)(C)C)B2OC(C)(C)C(C)(C)O2)cc(OC)c1OC. The zero-order chi connectivity index (χ0) is 24.3. The molecule has 2 rings (SSSR count). The molecule has 1 aliphatic rings. The summed E-state index contributed by atoms with van der Waals surface area (Å²) in [5, 5.41) is 2.79. The van der Waals surface area contributed by atoms with Gasteiger partial charge in [0.05, 0.1) is 32.5 Å². The van der Waals surface area contributed by atoms with Crippen molar-refractivity contribution in [3.63, 3.8) is 0 Å². The summed E-state index contributed by atoms with van der Waals surface area (Å²) in [6, 6.07) is 3.64. The minimum atomic E-state index is -0.658. The fourth-order valence-electron chi connectivity index (χ4n) is 3.08. The van der Waals surface area contributed by atoms with Crippen molar-refractivity contribution in [1.82, 2.24) is 5.32 Å². The zero-order valence-corrected chi connectivity index (χ0v) is 20.9. The van der Waals surface area contributed by atoms with E-state index in [0.29, 0.717) is 22.7 Å². The minimum Gasteiger partial charge on any atom is -0.493 e. The van der Waals surface area contributed by atoms with Gasteiger partial charge in [-0.1, -0.05) is 6.08 Å². The lowest BCUT2D eigenvalue weighted by molar-refractivity contribution is 0.00578. The highest BCUT2D eigenvalue weighted by Gasteiger charge is 2.52. The van der Waals surface area contributed by atoms with Crippen molar-refractivity contribution in [2.24, 2.45) is 0 Å². The molecule has 1 heterocycles. The largest absolute Gasteiger partial charge is 0.493 e. The molecule has 0 aromatic heterocycles. The van der Waals surface area contributed by atoms with Gasteiger partial charge in [-0.05, 0) is 71.6 Å². The number of carbonyl (C=O) groups is 1. The van der Waals surface area contributed by atoms with Gasteiger partial charge in [-0.25, -0.2) is 4.79 Å². The molecule has 0 bridgehead atoms. The van der Waals surface area contributed by atoms with Crippen molar-refractivity contribution in [3.8, 4) is 17.2 Å². The highest BCUT2D eigenvalue weighted by molar-refractivity contribution is 6.56. The standard InChI is InChI=1S/C23H36BNO7/c1-21(2,3)30-20(26)25-14-16(24-31-22(4,5)23(6,7)32-24)11-15-12-17(27-8)19(29-10)18(13-15)28-9/h11-13H,14H2,1-10H3,(H,25,26). The first-order valence-electron chi connectivity index (χ1n) is 10.6. The zero-order valence-electron chi connectivity index (χ0n) is 20.9. The Bertz CT molecular complexity index is 817. The lowest BCUT2D eigenvalue weighted by Gasteiger charge is -2.32. The molecule has 1 N–H and O–H groups in total. The number of amides is 1. The quantitative estimate of drug-likeness (QED) is 0.623. The van der Waals surface area contributed by atoms with E-state index >= 15 is 0 Å². The number of benzene rings is 1. The molecular formula is C23H36BNO7. The summed E-state index contributed by atoms with van der Waals surface area (Å²) in [5.74, 6) is 1.54. The van der Waals surface area contributed by atoms with Crippen molar-refractivity contribution in [3.05, 3.63) is 23.2 Å². The average Bonchev–Trinajstić information content (AvgIpc) is 2.89. The van der Waals surface area contributed by atoms with Crippen LogP contribution < -0.4 is 19.5 Å². The van der Waals surface area contributed by atoms with Crippen LogP contribution in [-0.2, 0) is 14.0 Å². The van der Waals surface area contributed by atoms with Gasteiger partial charge in [0.25, 0.3) is 0 Å². The molecule has 0 radical (unpaired) electrons. The van der Waals surface area contributed by atoms with Crippen LogP contribution in [0, 0.1) is 0 Å². The maximum Gasteiger partial charge on any atom is 0.492 e. The molecule has 32 heavy (non-hydrogen) atoms. The molecule has 8 nitrogen and oxygen atoms in total. The lowest BCUT2D eigenvalue weighted by atomic mass is 9.77. The fraction of sp³-hybridized carbons (Fsp3) is 0.609. The topological polar surface area (TPSA) is 84.5 Å². The van der Waals surface area contributed by atoms with Crippen LogP contribution in [0.5, 0.6) is 17.2 Å². The molecule has 0 aliphatic carbocycles. The molecule has 1 aliphatic heterocycles. The summed E-state index contributed by atoms with van der Waals surface area (Å²) in [7, 11) is 4.01. The first kappa shape index (κ1) is 25.9. The Morgan fingerprint density at radius 1 is 1.00 bits per heavy atom. The fourth-order valence-corrected chi connectivity index (χ4v) is 3.08. The number of hydrogen-bond acceptors (Lipinski definition) is 7. The molecule has 0 atom stereocenters. The average molecular weight is 449 g/mol. The molecular weight excluding hydrogens is 413 g/mol. The van der Waals surface area contributed by atoms with E-state index in [0.717, 1.165) is 5.56 Å². The highest BCUT2D eigenvalue weighted by Crippen LogP contribution is 2.41. The van der Waals surface area contributed by atoms with E-state index in [1.54, 1.807) is 21.3 Å². The second-order valence-corrected chi connectivity index (χ2v) is 9.62. The lowest BCUT2D eigenvalue weighted by Crippen LogP contribution is -2.41. The van der Waals surface area contributed by atoms with Gasteiger partial charge in [0.2, 0.25) is 5.75 Å². The molecule has 178 valence electrons. The van der Waals surface area contributed by atoms with Gasteiger partial charge in [-0.3, -0.25) is 0 Å². The number of nitrogens with one attached hydrogen (secondary N) is 1. The number of ether oxygens (including phenoxy) is 4. The Morgan fingerprint density at radius 2 is 1.50 bits per heavy atom. The van der Waals surface area contributed by atoms with Crippen LogP contribution >= 0.6 is 0 Å². The molecule has 1 amide bonds. The smallest absolute Gasteiger partial charge is 0.492 e. The third kappa shape index (κ3) is 6.10. The van der Waals surface area contributed by atoms with Crippen molar-refractivity contribution < 1.29 is 33.1 Å². The van der Waals surface area contributed by atoms with E-state index in [-0.39, 0.29) is 6.54 Å². The van der Waals surface area contributed by atoms with Crippen molar-refractivity contribution in [2.45, 2.75) is 65.3 Å². The van der Waals surface area contributed by atoms with Crippen LogP contribution in [0.3, 0.4) is 0 Å². The van der Waals surface area contributed by atoms with Crippen LogP contribution in [0.2, 0.25) is 0 Å². The second-order valence-electron chi connectivity index (χ2n) is 9.62. The Kier molecular flexibility index (Phi) is 7.78. The third-order valence-electron chi connectivity index (χ3n) is 5.43. The van der Waals surface area contributed by atoms with Crippen LogP contribution in [0.15, 0.2) is 17.6 Å². The van der Waals surface area contributed by atoms with Gasteiger partial charge in [0.15, 0.2) is 11.5 Å². The summed E-state index contributed by atoms with van der Waals surface area (Å²) in [5.41, 5.74) is -0.177. The Morgan fingerprint density at radius 3 is 1.91 bits per heavy atom. The summed E-state index contributed by atoms with van der Waals surface area (Å²) >= 11 is 0. The Hall–Kier alpha value is -2.39. The van der Waals surface area contributed by atoms with Gasteiger partial charge < -0.3 is 33.6 Å². The highest BCUT2D eigenvalue weighted by atomic mass is 16.7. The normalized spacial score (nSPS) is 17.7. The predicted octanol–water partition coefficient (Wildman–Crippen LogP) is 4.25. The van der Waals surface area contributed by atoms with Crippen LogP contribution in [0.4, 0.5) is 4.79 Å². The molecule has 1 saturated heterocycles. The molecule has 0 unspecified atom stereocenters. The van der Waals surface area contributed by atoms with Crippen molar-refractivity contribution in [1.29, 1.82) is 0 Å². The van der Waals surface area contributed by atoms with E-state index in [1.807, 2.05) is 66.7 Å². The van der Waals surface area contributed by atoms with Gasteiger partial charge in [-0.15, -0.1) is 0 Å². The summed E-state index contributed by atoms with van der Waals surface area (Å²) in [6.45, 7) is 13.5. The van der Waals surface area contributed by atoms with Crippen LogP contribution in [-0.4, -0.2) is 57.9 Å². The second kappa shape index (κ2) is 9.62. The molecule has 1 fully saturated rings. The molecule has 0 spiro atoms.